The van der Waals surface area contributed by atoms with Gasteiger partial charge in [0.25, 0.3) is 0 Å². The monoisotopic (exact) mass is 267 g/mol. The van der Waals surface area contributed by atoms with E-state index in [0.717, 1.165) is 36.3 Å². The minimum atomic E-state index is 0.506. The first kappa shape index (κ1) is 15.3. The highest BCUT2D eigenvalue weighted by atomic mass is 16.5. The van der Waals surface area contributed by atoms with Crippen molar-refractivity contribution in [3.8, 4) is 0 Å². The fourth-order valence-electron chi connectivity index (χ4n) is 4.12. The molecule has 0 aromatic rings. The van der Waals surface area contributed by atoms with Gasteiger partial charge in [0.05, 0.1) is 6.10 Å². The summed E-state index contributed by atoms with van der Waals surface area (Å²) < 4.78 is 5.81. The highest BCUT2D eigenvalue weighted by Crippen LogP contribution is 2.34. The Hall–Kier alpha value is -0.0800. The van der Waals surface area contributed by atoms with Crippen LogP contribution in [0.5, 0.6) is 0 Å². The molecule has 1 aliphatic heterocycles. The summed E-state index contributed by atoms with van der Waals surface area (Å²) in [5, 5.41) is 3.91. The first-order chi connectivity index (χ1) is 9.11. The van der Waals surface area contributed by atoms with Crippen molar-refractivity contribution >= 4 is 0 Å². The number of hydrogen-bond acceptors (Lipinski definition) is 2. The Morgan fingerprint density at radius 1 is 1.21 bits per heavy atom. The molecular weight excluding hydrogens is 234 g/mol. The van der Waals surface area contributed by atoms with E-state index in [4.69, 9.17) is 4.74 Å². The Morgan fingerprint density at radius 3 is 2.68 bits per heavy atom. The second-order valence-electron chi connectivity index (χ2n) is 7.21. The molecule has 1 N–H and O–H groups in total. The largest absolute Gasteiger partial charge is 0.378 e. The van der Waals surface area contributed by atoms with Gasteiger partial charge in [-0.15, -0.1) is 0 Å². The molecule has 0 spiro atoms. The maximum Gasteiger partial charge on any atom is 0.0613 e. The van der Waals surface area contributed by atoms with E-state index < -0.39 is 0 Å². The van der Waals surface area contributed by atoms with Gasteiger partial charge >= 0.3 is 0 Å². The lowest BCUT2D eigenvalue weighted by atomic mass is 9.74. The van der Waals surface area contributed by atoms with E-state index in [2.05, 4.69) is 33.0 Å². The minimum absolute atomic E-state index is 0.506. The van der Waals surface area contributed by atoms with Crippen LogP contribution < -0.4 is 5.32 Å². The van der Waals surface area contributed by atoms with Gasteiger partial charge in [0.15, 0.2) is 0 Å². The molecule has 2 fully saturated rings. The number of nitrogens with one attached hydrogen (secondary N) is 1. The van der Waals surface area contributed by atoms with Crippen LogP contribution in [0.4, 0.5) is 0 Å². The second-order valence-corrected chi connectivity index (χ2v) is 7.21. The van der Waals surface area contributed by atoms with Gasteiger partial charge in [-0.25, -0.2) is 0 Å². The molecule has 2 aliphatic rings. The van der Waals surface area contributed by atoms with Crippen molar-refractivity contribution in [3.63, 3.8) is 0 Å². The highest BCUT2D eigenvalue weighted by Gasteiger charge is 2.32. The molecule has 0 radical (unpaired) electrons. The Morgan fingerprint density at radius 2 is 2.00 bits per heavy atom. The van der Waals surface area contributed by atoms with E-state index in [0.29, 0.717) is 6.10 Å². The molecule has 2 heteroatoms. The van der Waals surface area contributed by atoms with Gasteiger partial charge in [0, 0.05) is 19.2 Å². The van der Waals surface area contributed by atoms with Crippen LogP contribution in [0.1, 0.15) is 59.8 Å². The summed E-state index contributed by atoms with van der Waals surface area (Å²) in [5.74, 6) is 3.33. The van der Waals surface area contributed by atoms with Gasteiger partial charge in [-0.2, -0.15) is 0 Å². The lowest BCUT2D eigenvalue weighted by molar-refractivity contribution is 0.0832. The van der Waals surface area contributed by atoms with Gasteiger partial charge in [0.1, 0.15) is 0 Å². The number of rotatable bonds is 5. The molecule has 5 unspecified atom stereocenters. The van der Waals surface area contributed by atoms with Crippen LogP contribution in [0, 0.1) is 23.7 Å². The predicted molar refractivity (Wildman–Crippen MR) is 81.3 cm³/mol. The van der Waals surface area contributed by atoms with Crippen LogP contribution in [0.2, 0.25) is 0 Å². The second kappa shape index (κ2) is 7.08. The standard InChI is InChI=1S/C17H33NO/c1-5-17-14(8-9-19-17)11-18-16-10-13(4)6-7-15(16)12(2)3/h12-18H,5-11H2,1-4H3. The van der Waals surface area contributed by atoms with Crippen molar-refractivity contribution in [2.24, 2.45) is 23.7 Å². The first-order valence-electron chi connectivity index (χ1n) is 8.46. The average molecular weight is 267 g/mol. The molecule has 2 rings (SSSR count). The molecule has 1 saturated heterocycles. The van der Waals surface area contributed by atoms with E-state index >= 15 is 0 Å². The molecule has 19 heavy (non-hydrogen) atoms. The van der Waals surface area contributed by atoms with Gasteiger partial charge < -0.3 is 10.1 Å². The lowest BCUT2D eigenvalue weighted by Crippen LogP contribution is -2.45. The van der Waals surface area contributed by atoms with Crippen molar-refractivity contribution in [3.05, 3.63) is 0 Å². The van der Waals surface area contributed by atoms with Crippen LogP contribution in [-0.2, 0) is 4.74 Å². The van der Waals surface area contributed by atoms with Crippen molar-refractivity contribution in [2.75, 3.05) is 13.2 Å². The third-order valence-corrected chi connectivity index (χ3v) is 5.41. The fraction of sp³-hybridized carbons (Fsp3) is 1.00. The molecule has 0 bridgehead atoms. The van der Waals surface area contributed by atoms with E-state index in [9.17, 15) is 0 Å². The Labute approximate surface area is 119 Å². The van der Waals surface area contributed by atoms with Gasteiger partial charge in [-0.1, -0.05) is 34.1 Å². The molecule has 0 aromatic heterocycles. The molecule has 1 heterocycles. The summed E-state index contributed by atoms with van der Waals surface area (Å²) in [7, 11) is 0. The molecule has 1 aliphatic carbocycles. The summed E-state index contributed by atoms with van der Waals surface area (Å²) in [6.07, 6.45) is 7.13. The van der Waals surface area contributed by atoms with Gasteiger partial charge in [-0.3, -0.25) is 0 Å². The molecular formula is C17H33NO. The zero-order valence-electron chi connectivity index (χ0n) is 13.3. The summed E-state index contributed by atoms with van der Waals surface area (Å²) >= 11 is 0. The van der Waals surface area contributed by atoms with E-state index in [1.54, 1.807) is 0 Å². The average Bonchev–Trinajstić information content (AvgIpc) is 2.83. The Bertz CT molecular complexity index is 266. The molecule has 0 aromatic carbocycles. The minimum Gasteiger partial charge on any atom is -0.378 e. The first-order valence-corrected chi connectivity index (χ1v) is 8.46. The van der Waals surface area contributed by atoms with Gasteiger partial charge in [-0.05, 0) is 49.4 Å². The topological polar surface area (TPSA) is 21.3 Å². The van der Waals surface area contributed by atoms with Crippen molar-refractivity contribution < 1.29 is 4.74 Å². The molecule has 1 saturated carbocycles. The third kappa shape index (κ3) is 3.95. The quantitative estimate of drug-likeness (QED) is 0.817. The summed E-state index contributed by atoms with van der Waals surface area (Å²) in [4.78, 5) is 0. The SMILES string of the molecule is CCC1OCCC1CNC1CC(C)CCC1C(C)C. The highest BCUT2D eigenvalue weighted by molar-refractivity contribution is 4.87. The maximum atomic E-state index is 5.81. The molecule has 112 valence electrons. The normalized spacial score (nSPS) is 39.9. The Kier molecular flexibility index (Phi) is 5.70. The fourth-order valence-corrected chi connectivity index (χ4v) is 4.12. The summed E-state index contributed by atoms with van der Waals surface area (Å²) in [6, 6.07) is 0.738. The lowest BCUT2D eigenvalue weighted by Gasteiger charge is -2.38. The van der Waals surface area contributed by atoms with Crippen molar-refractivity contribution in [1.82, 2.24) is 5.32 Å². The van der Waals surface area contributed by atoms with E-state index in [1.165, 1.54) is 38.6 Å². The molecule has 5 atom stereocenters. The number of ether oxygens (including phenoxy) is 1. The van der Waals surface area contributed by atoms with E-state index in [1.807, 2.05) is 0 Å². The maximum absolute atomic E-state index is 5.81. The molecule has 2 nitrogen and oxygen atoms in total. The third-order valence-electron chi connectivity index (χ3n) is 5.41. The van der Waals surface area contributed by atoms with Crippen LogP contribution >= 0.6 is 0 Å². The van der Waals surface area contributed by atoms with Crippen LogP contribution in [0.15, 0.2) is 0 Å². The van der Waals surface area contributed by atoms with Gasteiger partial charge in [0.2, 0.25) is 0 Å². The van der Waals surface area contributed by atoms with Crippen LogP contribution in [0.3, 0.4) is 0 Å². The van der Waals surface area contributed by atoms with Crippen molar-refractivity contribution in [1.29, 1.82) is 0 Å². The molecule has 0 amide bonds. The predicted octanol–water partition coefficient (Wildman–Crippen LogP) is 3.85. The zero-order chi connectivity index (χ0) is 13.8. The van der Waals surface area contributed by atoms with Crippen LogP contribution in [0.25, 0.3) is 0 Å². The number of hydrogen-bond donors (Lipinski definition) is 1. The van der Waals surface area contributed by atoms with Crippen molar-refractivity contribution in [2.45, 2.75) is 71.9 Å². The summed E-state index contributed by atoms with van der Waals surface area (Å²) in [6.45, 7) is 11.6. The Balaban J connectivity index is 1.85. The zero-order valence-corrected chi connectivity index (χ0v) is 13.3. The summed E-state index contributed by atoms with van der Waals surface area (Å²) in [5.41, 5.74) is 0. The van der Waals surface area contributed by atoms with Crippen LogP contribution in [-0.4, -0.2) is 25.3 Å². The van der Waals surface area contributed by atoms with E-state index in [-0.39, 0.29) is 0 Å². The smallest absolute Gasteiger partial charge is 0.0613 e.